The molecule has 0 aliphatic carbocycles. The lowest BCUT2D eigenvalue weighted by atomic mass is 10.3. The lowest BCUT2D eigenvalue weighted by Crippen LogP contribution is -2.23. The van der Waals surface area contributed by atoms with Gasteiger partial charge in [0.2, 0.25) is 10.0 Å². The van der Waals surface area contributed by atoms with E-state index in [2.05, 4.69) is 14.7 Å². The van der Waals surface area contributed by atoms with Gasteiger partial charge in [-0.05, 0) is 12.1 Å². The summed E-state index contributed by atoms with van der Waals surface area (Å²) in [6.45, 7) is 0.000503. The lowest BCUT2D eigenvalue weighted by Gasteiger charge is -2.06. The SMILES string of the molecule is Nc1ccc(S(=O)(=O)NCc2cnc[nH]2)cc1[N+](=O)[O-]. The molecule has 1 aromatic heterocycles. The molecule has 20 heavy (non-hydrogen) atoms. The van der Waals surface area contributed by atoms with Crippen molar-refractivity contribution in [2.24, 2.45) is 0 Å². The number of nitro benzene ring substituents is 1. The number of nitrogens with zero attached hydrogens (tertiary/aromatic N) is 2. The van der Waals surface area contributed by atoms with Crippen molar-refractivity contribution in [3.8, 4) is 0 Å². The summed E-state index contributed by atoms with van der Waals surface area (Å²) in [5, 5.41) is 10.7. The Morgan fingerprint density at radius 1 is 1.45 bits per heavy atom. The molecular weight excluding hydrogens is 286 g/mol. The molecule has 0 aliphatic rings. The van der Waals surface area contributed by atoms with Crippen molar-refractivity contribution in [2.75, 3.05) is 5.73 Å². The van der Waals surface area contributed by atoms with Crippen LogP contribution >= 0.6 is 0 Å². The van der Waals surface area contributed by atoms with Gasteiger partial charge in [0.1, 0.15) is 5.69 Å². The van der Waals surface area contributed by atoms with E-state index < -0.39 is 20.6 Å². The maximum atomic E-state index is 12.0. The summed E-state index contributed by atoms with van der Waals surface area (Å²) in [6, 6.07) is 3.31. The number of sulfonamides is 1. The van der Waals surface area contributed by atoms with Gasteiger partial charge >= 0.3 is 0 Å². The van der Waals surface area contributed by atoms with Crippen molar-refractivity contribution in [3.05, 3.63) is 46.5 Å². The zero-order valence-corrected chi connectivity index (χ0v) is 10.9. The number of nitrogens with two attached hydrogens (primary N) is 1. The summed E-state index contributed by atoms with van der Waals surface area (Å²) in [4.78, 5) is 16.3. The molecule has 0 unspecified atom stereocenters. The van der Waals surface area contributed by atoms with Crippen molar-refractivity contribution in [1.29, 1.82) is 0 Å². The van der Waals surface area contributed by atoms with Crippen LogP contribution in [0.5, 0.6) is 0 Å². The van der Waals surface area contributed by atoms with Crippen molar-refractivity contribution >= 4 is 21.4 Å². The number of H-pyrrole nitrogens is 1. The smallest absolute Gasteiger partial charge is 0.293 e. The number of imidazole rings is 1. The number of hydrogen-bond acceptors (Lipinski definition) is 6. The van der Waals surface area contributed by atoms with Gasteiger partial charge in [0.25, 0.3) is 5.69 Å². The first-order valence-corrected chi connectivity index (χ1v) is 6.89. The van der Waals surface area contributed by atoms with Crippen LogP contribution in [0.2, 0.25) is 0 Å². The second kappa shape index (κ2) is 5.27. The molecule has 0 aliphatic heterocycles. The highest BCUT2D eigenvalue weighted by atomic mass is 32.2. The Bertz CT molecular complexity index is 726. The molecule has 0 fully saturated rings. The number of anilines is 1. The number of aromatic amines is 1. The van der Waals surface area contributed by atoms with Crippen LogP contribution < -0.4 is 10.5 Å². The Morgan fingerprint density at radius 3 is 2.80 bits per heavy atom. The van der Waals surface area contributed by atoms with Crippen LogP contribution in [-0.4, -0.2) is 23.3 Å². The minimum atomic E-state index is -3.87. The highest BCUT2D eigenvalue weighted by Crippen LogP contribution is 2.24. The number of nitrogen functional groups attached to an aromatic ring is 1. The molecule has 0 saturated heterocycles. The molecule has 2 aromatic rings. The molecule has 2 rings (SSSR count). The molecule has 9 nitrogen and oxygen atoms in total. The highest BCUT2D eigenvalue weighted by Gasteiger charge is 2.20. The third-order valence-electron chi connectivity index (χ3n) is 2.52. The van der Waals surface area contributed by atoms with E-state index in [-0.39, 0.29) is 17.1 Å². The number of aromatic nitrogens is 2. The molecule has 0 bridgehead atoms. The van der Waals surface area contributed by atoms with Crippen LogP contribution in [0.1, 0.15) is 5.69 Å². The molecule has 1 heterocycles. The van der Waals surface area contributed by atoms with E-state index >= 15 is 0 Å². The molecule has 0 saturated carbocycles. The quantitative estimate of drug-likeness (QED) is 0.413. The van der Waals surface area contributed by atoms with Crippen LogP contribution in [0.3, 0.4) is 0 Å². The van der Waals surface area contributed by atoms with Crippen molar-refractivity contribution < 1.29 is 13.3 Å². The number of benzene rings is 1. The van der Waals surface area contributed by atoms with Gasteiger partial charge in [-0.3, -0.25) is 10.1 Å². The Kier molecular flexibility index (Phi) is 3.68. The maximum Gasteiger partial charge on any atom is 0.293 e. The van der Waals surface area contributed by atoms with Crippen LogP contribution in [-0.2, 0) is 16.6 Å². The topological polar surface area (TPSA) is 144 Å². The summed E-state index contributed by atoms with van der Waals surface area (Å²) in [6.07, 6.45) is 2.88. The minimum absolute atomic E-state index is 0.000503. The van der Waals surface area contributed by atoms with Gasteiger partial charge in [-0.1, -0.05) is 0 Å². The molecule has 0 atom stereocenters. The van der Waals surface area contributed by atoms with E-state index in [1.807, 2.05) is 0 Å². The van der Waals surface area contributed by atoms with Gasteiger partial charge in [0, 0.05) is 18.0 Å². The fourth-order valence-corrected chi connectivity index (χ4v) is 2.51. The van der Waals surface area contributed by atoms with E-state index in [1.165, 1.54) is 24.7 Å². The van der Waals surface area contributed by atoms with Gasteiger partial charge in [0.15, 0.2) is 0 Å². The Balaban J connectivity index is 2.25. The zero-order valence-electron chi connectivity index (χ0n) is 10.1. The first kappa shape index (κ1) is 14.0. The van der Waals surface area contributed by atoms with Crippen molar-refractivity contribution in [2.45, 2.75) is 11.4 Å². The minimum Gasteiger partial charge on any atom is -0.393 e. The normalized spacial score (nSPS) is 11.4. The van der Waals surface area contributed by atoms with E-state index in [0.717, 1.165) is 6.07 Å². The Labute approximate surface area is 114 Å². The average Bonchev–Trinajstić information content (AvgIpc) is 2.89. The lowest BCUT2D eigenvalue weighted by molar-refractivity contribution is -0.384. The molecule has 0 spiro atoms. The van der Waals surface area contributed by atoms with Gasteiger partial charge in [0.05, 0.1) is 22.7 Å². The molecular formula is C10H11N5O4S. The first-order valence-electron chi connectivity index (χ1n) is 5.41. The molecule has 1 aromatic carbocycles. The number of hydrogen-bond donors (Lipinski definition) is 3. The highest BCUT2D eigenvalue weighted by molar-refractivity contribution is 7.89. The number of nitrogens with one attached hydrogen (secondary N) is 2. The van der Waals surface area contributed by atoms with Gasteiger partial charge in [-0.25, -0.2) is 18.1 Å². The van der Waals surface area contributed by atoms with E-state index in [0.29, 0.717) is 5.69 Å². The maximum absolute atomic E-state index is 12.0. The van der Waals surface area contributed by atoms with Crippen LogP contribution in [0.25, 0.3) is 0 Å². The van der Waals surface area contributed by atoms with Crippen LogP contribution in [0.4, 0.5) is 11.4 Å². The average molecular weight is 297 g/mol. The zero-order chi connectivity index (χ0) is 14.8. The number of rotatable bonds is 5. The molecule has 0 amide bonds. The summed E-state index contributed by atoms with van der Waals surface area (Å²) in [5.74, 6) is 0. The Hall–Kier alpha value is -2.46. The van der Waals surface area contributed by atoms with Crippen LogP contribution in [0.15, 0.2) is 35.6 Å². The molecule has 0 radical (unpaired) electrons. The van der Waals surface area contributed by atoms with Crippen molar-refractivity contribution in [1.82, 2.24) is 14.7 Å². The summed E-state index contributed by atoms with van der Waals surface area (Å²) in [5.41, 5.74) is 5.44. The van der Waals surface area contributed by atoms with Gasteiger partial charge in [-0.2, -0.15) is 0 Å². The second-order valence-electron chi connectivity index (χ2n) is 3.88. The fourth-order valence-electron chi connectivity index (χ4n) is 1.49. The first-order chi connectivity index (χ1) is 9.40. The van der Waals surface area contributed by atoms with Crippen LogP contribution in [0, 0.1) is 10.1 Å². The van der Waals surface area contributed by atoms with E-state index in [4.69, 9.17) is 5.73 Å². The third kappa shape index (κ3) is 2.92. The predicted octanol–water partition coefficient (Wildman–Crippen LogP) is 0.379. The predicted molar refractivity (Wildman–Crippen MR) is 70.1 cm³/mol. The Morgan fingerprint density at radius 2 is 2.20 bits per heavy atom. The van der Waals surface area contributed by atoms with Gasteiger partial charge < -0.3 is 10.7 Å². The summed E-state index contributed by atoms with van der Waals surface area (Å²) < 4.78 is 26.3. The van der Waals surface area contributed by atoms with Crippen molar-refractivity contribution in [3.63, 3.8) is 0 Å². The molecule has 10 heteroatoms. The second-order valence-corrected chi connectivity index (χ2v) is 5.65. The summed E-state index contributed by atoms with van der Waals surface area (Å²) in [7, 11) is -3.87. The molecule has 106 valence electrons. The van der Waals surface area contributed by atoms with E-state index in [1.54, 1.807) is 0 Å². The van der Waals surface area contributed by atoms with Gasteiger partial charge in [-0.15, -0.1) is 0 Å². The number of nitro groups is 1. The summed E-state index contributed by atoms with van der Waals surface area (Å²) >= 11 is 0. The standard InChI is InChI=1S/C10H11N5O4S/c11-9-2-1-8(3-10(9)15(16)17)20(18,19)14-5-7-4-12-6-13-7/h1-4,6,14H,5,11H2,(H,12,13). The third-order valence-corrected chi connectivity index (χ3v) is 3.92. The largest absolute Gasteiger partial charge is 0.393 e. The monoisotopic (exact) mass is 297 g/mol. The fraction of sp³-hybridized carbons (Fsp3) is 0.100. The molecule has 4 N–H and O–H groups in total. The van der Waals surface area contributed by atoms with E-state index in [9.17, 15) is 18.5 Å².